The van der Waals surface area contributed by atoms with Gasteiger partial charge in [0.2, 0.25) is 5.91 Å². The van der Waals surface area contributed by atoms with Crippen LogP contribution in [0, 0.1) is 12.3 Å². The molecule has 2 aliphatic rings. The van der Waals surface area contributed by atoms with Crippen molar-refractivity contribution < 1.29 is 14.3 Å². The Labute approximate surface area is 231 Å². The van der Waals surface area contributed by atoms with E-state index in [1.54, 1.807) is 0 Å². The van der Waals surface area contributed by atoms with E-state index < -0.39 is 0 Å². The molecular formula is C31H40ClN3O3. The number of aryl methyl sites for hydroxylation is 3. The van der Waals surface area contributed by atoms with Gasteiger partial charge in [-0.15, -0.1) is 0 Å². The maximum absolute atomic E-state index is 13.5. The van der Waals surface area contributed by atoms with Crippen LogP contribution in [-0.4, -0.2) is 66.3 Å². The predicted octanol–water partition coefficient (Wildman–Crippen LogP) is 5.61. The Morgan fingerprint density at radius 1 is 1.13 bits per heavy atom. The number of aromatic nitrogens is 1. The largest absolute Gasteiger partial charge is 0.493 e. The minimum absolute atomic E-state index is 0.212. The highest BCUT2D eigenvalue weighted by molar-refractivity contribution is 6.31. The van der Waals surface area contributed by atoms with Crippen molar-refractivity contribution in [2.24, 2.45) is 12.5 Å². The number of likely N-dealkylation sites (tertiary alicyclic amines) is 1. The Kier molecular flexibility index (Phi) is 8.32. The van der Waals surface area contributed by atoms with E-state index in [0.29, 0.717) is 39.3 Å². The minimum atomic E-state index is -0.250. The summed E-state index contributed by atoms with van der Waals surface area (Å²) in [5.74, 6) is 1.02. The summed E-state index contributed by atoms with van der Waals surface area (Å²) in [4.78, 5) is 18.0. The van der Waals surface area contributed by atoms with Crippen molar-refractivity contribution in [2.75, 3.05) is 46.0 Å². The number of piperidine rings is 1. The van der Waals surface area contributed by atoms with Crippen molar-refractivity contribution in [3.05, 3.63) is 64.3 Å². The van der Waals surface area contributed by atoms with Gasteiger partial charge in [-0.25, -0.2) is 0 Å². The van der Waals surface area contributed by atoms with Gasteiger partial charge in [-0.1, -0.05) is 36.7 Å². The number of fused-ring (bicyclic) bond motifs is 1. The number of hydrogen-bond acceptors (Lipinski definition) is 4. The van der Waals surface area contributed by atoms with Gasteiger partial charge in [-0.2, -0.15) is 0 Å². The van der Waals surface area contributed by atoms with Crippen molar-refractivity contribution in [1.29, 1.82) is 0 Å². The van der Waals surface area contributed by atoms with Gasteiger partial charge in [-0.05, 0) is 67.6 Å². The van der Waals surface area contributed by atoms with Gasteiger partial charge >= 0.3 is 0 Å². The topological polar surface area (TPSA) is 46.9 Å². The number of carbonyl (C=O) groups excluding carboxylic acids is 1. The van der Waals surface area contributed by atoms with Crippen LogP contribution in [0.5, 0.6) is 5.75 Å². The third-order valence-corrected chi connectivity index (χ3v) is 8.67. The number of carbonyl (C=O) groups is 1. The molecule has 1 atom stereocenters. The number of para-hydroxylation sites is 1. The van der Waals surface area contributed by atoms with Crippen LogP contribution in [0.4, 0.5) is 0 Å². The lowest BCUT2D eigenvalue weighted by Gasteiger charge is -2.43. The number of amides is 1. The molecule has 6 nitrogen and oxygen atoms in total. The van der Waals surface area contributed by atoms with Crippen LogP contribution in [0.25, 0.3) is 10.9 Å². The first kappa shape index (κ1) is 27.0. The van der Waals surface area contributed by atoms with E-state index >= 15 is 0 Å². The normalized spacial score (nSPS) is 20.7. The second-order valence-corrected chi connectivity index (χ2v) is 11.5. The summed E-state index contributed by atoms with van der Waals surface area (Å²) in [5.41, 5.74) is 4.81. The van der Waals surface area contributed by atoms with E-state index in [0.717, 1.165) is 55.2 Å². The van der Waals surface area contributed by atoms with Gasteiger partial charge in [0.15, 0.2) is 0 Å². The Balaban J connectivity index is 1.37. The van der Waals surface area contributed by atoms with E-state index in [1.165, 1.54) is 22.0 Å². The van der Waals surface area contributed by atoms with Crippen LogP contribution in [0.2, 0.25) is 5.02 Å². The van der Waals surface area contributed by atoms with Crippen LogP contribution >= 0.6 is 11.6 Å². The summed E-state index contributed by atoms with van der Waals surface area (Å²) >= 11 is 6.25. The molecule has 0 saturated carbocycles. The van der Waals surface area contributed by atoms with Crippen LogP contribution in [0.15, 0.2) is 42.6 Å². The molecule has 1 aromatic heterocycles. The molecule has 2 aromatic carbocycles. The number of hydrogen-bond donors (Lipinski definition) is 0. The van der Waals surface area contributed by atoms with Gasteiger partial charge < -0.3 is 18.9 Å². The van der Waals surface area contributed by atoms with Crippen molar-refractivity contribution >= 4 is 28.4 Å². The van der Waals surface area contributed by atoms with Gasteiger partial charge in [-0.3, -0.25) is 9.69 Å². The lowest BCUT2D eigenvalue weighted by molar-refractivity contribution is -0.139. The standard InChI is InChI=1S/C31H40ClN3O3/c1-4-24-7-5-8-27-25(19-33(3)30(24)27)20-34-12-6-11-31(21-34,18-29(36)35-13-15-37-16-14-35)22-38-26-9-10-28(32)23(2)17-26/h5,7-10,17,19H,4,6,11-16,18,20-22H2,1-3H3/t31-/m1/s1. The molecule has 0 aliphatic carbocycles. The first-order chi connectivity index (χ1) is 18.4. The highest BCUT2D eigenvalue weighted by Gasteiger charge is 2.40. The van der Waals surface area contributed by atoms with Gasteiger partial charge in [0.1, 0.15) is 5.75 Å². The predicted molar refractivity (Wildman–Crippen MR) is 153 cm³/mol. The molecule has 2 saturated heterocycles. The van der Waals surface area contributed by atoms with Gasteiger partial charge in [0, 0.05) is 61.7 Å². The maximum atomic E-state index is 13.5. The lowest BCUT2D eigenvalue weighted by Crippen LogP contribution is -2.50. The third-order valence-electron chi connectivity index (χ3n) is 8.25. The Bertz CT molecular complexity index is 1280. The second-order valence-electron chi connectivity index (χ2n) is 11.1. The first-order valence-corrected chi connectivity index (χ1v) is 14.3. The van der Waals surface area contributed by atoms with E-state index in [9.17, 15) is 4.79 Å². The molecule has 0 N–H and O–H groups in total. The summed E-state index contributed by atoms with van der Waals surface area (Å²) in [6, 6.07) is 12.4. The van der Waals surface area contributed by atoms with Crippen LogP contribution < -0.4 is 4.74 Å². The molecular weight excluding hydrogens is 498 g/mol. The van der Waals surface area contributed by atoms with Crippen LogP contribution in [0.3, 0.4) is 0 Å². The molecule has 0 spiro atoms. The van der Waals surface area contributed by atoms with Crippen LogP contribution in [-0.2, 0) is 29.5 Å². The van der Waals surface area contributed by atoms with Crippen molar-refractivity contribution in [2.45, 2.75) is 46.1 Å². The molecule has 0 radical (unpaired) electrons. The number of ether oxygens (including phenoxy) is 2. The van der Waals surface area contributed by atoms with E-state index in [2.05, 4.69) is 47.8 Å². The quantitative estimate of drug-likeness (QED) is 0.374. The zero-order chi connectivity index (χ0) is 26.7. The second kappa shape index (κ2) is 11.7. The Morgan fingerprint density at radius 3 is 2.71 bits per heavy atom. The van der Waals surface area contributed by atoms with Gasteiger partial charge in [0.05, 0.1) is 25.3 Å². The van der Waals surface area contributed by atoms with Crippen molar-refractivity contribution in [1.82, 2.24) is 14.4 Å². The third kappa shape index (κ3) is 5.88. The zero-order valence-corrected chi connectivity index (χ0v) is 23.7. The summed E-state index contributed by atoms with van der Waals surface area (Å²) < 4.78 is 14.2. The zero-order valence-electron chi connectivity index (χ0n) is 23.0. The number of nitrogens with zero attached hydrogens (tertiary/aromatic N) is 3. The molecule has 1 amide bonds. The Hall–Kier alpha value is -2.54. The minimum Gasteiger partial charge on any atom is -0.493 e. The summed E-state index contributed by atoms with van der Waals surface area (Å²) in [6.45, 7) is 10.0. The molecule has 2 aliphatic heterocycles. The monoisotopic (exact) mass is 537 g/mol. The Morgan fingerprint density at radius 2 is 1.95 bits per heavy atom. The SMILES string of the molecule is CCc1cccc2c(CN3CCC[C@@](COc4ccc(Cl)c(C)c4)(CC(=O)N4CCOCC4)C3)cn(C)c12. The summed E-state index contributed by atoms with van der Waals surface area (Å²) in [7, 11) is 2.15. The maximum Gasteiger partial charge on any atom is 0.223 e. The average molecular weight is 538 g/mol. The molecule has 5 rings (SSSR count). The highest BCUT2D eigenvalue weighted by atomic mass is 35.5. The number of benzene rings is 2. The first-order valence-electron chi connectivity index (χ1n) is 13.9. The van der Waals surface area contributed by atoms with Crippen molar-refractivity contribution in [3.63, 3.8) is 0 Å². The summed E-state index contributed by atoms with van der Waals surface area (Å²) in [6.07, 6.45) is 5.82. The molecule has 7 heteroatoms. The fourth-order valence-electron chi connectivity index (χ4n) is 6.23. The van der Waals surface area contributed by atoms with Gasteiger partial charge in [0.25, 0.3) is 0 Å². The molecule has 0 unspecified atom stereocenters. The van der Waals surface area contributed by atoms with Crippen LogP contribution in [0.1, 0.15) is 42.9 Å². The summed E-state index contributed by atoms with van der Waals surface area (Å²) in [5, 5.41) is 2.07. The van der Waals surface area contributed by atoms with Crippen molar-refractivity contribution in [3.8, 4) is 5.75 Å². The fourth-order valence-corrected chi connectivity index (χ4v) is 6.35. The molecule has 2 fully saturated rings. The lowest BCUT2D eigenvalue weighted by atomic mass is 9.77. The smallest absolute Gasteiger partial charge is 0.223 e. The molecule has 38 heavy (non-hydrogen) atoms. The highest BCUT2D eigenvalue weighted by Crippen LogP contribution is 2.37. The van der Waals surface area contributed by atoms with E-state index in [1.807, 2.05) is 30.0 Å². The molecule has 204 valence electrons. The number of rotatable bonds is 8. The average Bonchev–Trinajstić information content (AvgIpc) is 3.25. The number of morpholine rings is 1. The number of halogens is 1. The molecule has 0 bridgehead atoms. The molecule has 3 heterocycles. The fraction of sp³-hybridized carbons (Fsp3) is 0.516. The molecule has 3 aromatic rings. The van der Waals surface area contributed by atoms with E-state index in [4.69, 9.17) is 21.1 Å². The van der Waals surface area contributed by atoms with E-state index in [-0.39, 0.29) is 11.3 Å².